The summed E-state index contributed by atoms with van der Waals surface area (Å²) >= 11 is 5.41. The first-order valence-corrected chi connectivity index (χ1v) is 4.28. The molecule has 0 aliphatic carbocycles. The molecule has 0 heterocycles. The van der Waals surface area contributed by atoms with E-state index in [1.807, 2.05) is 0 Å². The Morgan fingerprint density at radius 1 is 1.46 bits per heavy atom. The second-order valence-electron chi connectivity index (χ2n) is 2.46. The fraction of sp³-hybridized carbons (Fsp3) is 0.100. The molecule has 0 N–H and O–H groups in total. The summed E-state index contributed by atoms with van der Waals surface area (Å²) in [5.74, 6) is -0.122. The molecule has 1 rings (SSSR count). The topological polar surface area (TPSA) is 17.1 Å². The van der Waals surface area contributed by atoms with Crippen molar-refractivity contribution in [3.05, 3.63) is 41.2 Å². The minimum absolute atomic E-state index is 0.0722. The Hall–Kier alpha value is -1.15. The van der Waals surface area contributed by atoms with Crippen LogP contribution in [0.3, 0.4) is 0 Å². The molecular weight excluding hydrogens is 191 g/mol. The Morgan fingerprint density at radius 3 is 2.77 bits per heavy atom. The molecule has 0 spiro atoms. The number of hydrogen-bond donors (Lipinski definition) is 0. The smallest absolute Gasteiger partial charge is 0.152 e. The second kappa shape index (κ2) is 4.77. The lowest BCUT2D eigenvalue weighted by atomic mass is 10.1. The maximum Gasteiger partial charge on any atom is 0.152 e. The normalized spacial score (nSPS) is 10.6. The summed E-state index contributed by atoms with van der Waals surface area (Å²) < 4.78 is 13.0. The Labute approximate surface area is 80.8 Å². The van der Waals surface area contributed by atoms with Gasteiger partial charge in [0.25, 0.3) is 0 Å². The summed E-state index contributed by atoms with van der Waals surface area (Å²) in [5.41, 5.74) is 0.770. The first-order chi connectivity index (χ1) is 6.27. The molecule has 0 saturated heterocycles. The van der Waals surface area contributed by atoms with E-state index in [1.54, 1.807) is 18.2 Å². The number of hydrogen-bond acceptors (Lipinski definition) is 1. The number of carbonyl (C=O) groups excluding carboxylic acids is 1. The second-order valence-corrected chi connectivity index (χ2v) is 2.76. The summed E-state index contributed by atoms with van der Waals surface area (Å²) in [7, 11) is 0. The molecule has 0 saturated carbocycles. The van der Waals surface area contributed by atoms with E-state index in [2.05, 4.69) is 0 Å². The third-order valence-corrected chi connectivity index (χ3v) is 1.73. The van der Waals surface area contributed by atoms with Crippen molar-refractivity contribution in [3.8, 4) is 0 Å². The van der Waals surface area contributed by atoms with E-state index < -0.39 is 5.82 Å². The van der Waals surface area contributed by atoms with Gasteiger partial charge in [-0.1, -0.05) is 18.2 Å². The van der Waals surface area contributed by atoms with E-state index in [-0.39, 0.29) is 5.56 Å². The quantitative estimate of drug-likeness (QED) is 0.539. The van der Waals surface area contributed by atoms with Crippen molar-refractivity contribution in [1.82, 2.24) is 0 Å². The van der Waals surface area contributed by atoms with Gasteiger partial charge in [-0.05, 0) is 17.7 Å². The molecule has 0 unspecified atom stereocenters. The summed E-state index contributed by atoms with van der Waals surface area (Å²) in [6.07, 6.45) is 3.89. The van der Waals surface area contributed by atoms with E-state index in [0.29, 0.717) is 17.7 Å². The van der Waals surface area contributed by atoms with Gasteiger partial charge in [0, 0.05) is 5.88 Å². The molecule has 1 aromatic rings. The lowest BCUT2D eigenvalue weighted by Crippen LogP contribution is -1.87. The molecule has 1 aromatic carbocycles. The average molecular weight is 199 g/mol. The van der Waals surface area contributed by atoms with Crippen molar-refractivity contribution in [3.63, 3.8) is 0 Å². The zero-order chi connectivity index (χ0) is 9.68. The number of carbonyl (C=O) groups is 1. The maximum atomic E-state index is 13.0. The highest BCUT2D eigenvalue weighted by Crippen LogP contribution is 2.09. The molecule has 0 aromatic heterocycles. The van der Waals surface area contributed by atoms with E-state index in [9.17, 15) is 9.18 Å². The fourth-order valence-corrected chi connectivity index (χ4v) is 1.01. The van der Waals surface area contributed by atoms with Crippen LogP contribution in [-0.2, 0) is 0 Å². The van der Waals surface area contributed by atoms with Crippen LogP contribution in [0, 0.1) is 5.82 Å². The molecule has 0 amide bonds. The standard InChI is InChI=1S/C10H8ClFO/c11-5-1-2-8-3-4-9(7-13)10(12)6-8/h1-4,6-7H,5H2. The predicted molar refractivity (Wildman–Crippen MR) is 51.5 cm³/mol. The Morgan fingerprint density at radius 2 is 2.23 bits per heavy atom. The maximum absolute atomic E-state index is 13.0. The zero-order valence-electron chi connectivity index (χ0n) is 6.84. The minimum Gasteiger partial charge on any atom is -0.298 e. The van der Waals surface area contributed by atoms with Gasteiger partial charge in [-0.25, -0.2) is 4.39 Å². The fourth-order valence-electron chi connectivity index (χ4n) is 0.923. The van der Waals surface area contributed by atoms with Crippen LogP contribution >= 0.6 is 11.6 Å². The van der Waals surface area contributed by atoms with Gasteiger partial charge >= 0.3 is 0 Å². The van der Waals surface area contributed by atoms with E-state index in [0.717, 1.165) is 0 Å². The third-order valence-electron chi connectivity index (χ3n) is 1.55. The highest BCUT2D eigenvalue weighted by molar-refractivity contribution is 6.19. The highest BCUT2D eigenvalue weighted by atomic mass is 35.5. The Kier molecular flexibility index (Phi) is 3.65. The lowest BCUT2D eigenvalue weighted by Gasteiger charge is -1.96. The summed E-state index contributed by atoms with van der Waals surface area (Å²) in [6, 6.07) is 4.40. The molecule has 0 radical (unpaired) electrons. The van der Waals surface area contributed by atoms with Crippen LogP contribution in [0.4, 0.5) is 4.39 Å². The number of allylic oxidation sites excluding steroid dienone is 1. The van der Waals surface area contributed by atoms with Gasteiger partial charge in [0.05, 0.1) is 5.56 Å². The van der Waals surface area contributed by atoms with Crippen LogP contribution in [0.25, 0.3) is 6.08 Å². The third kappa shape index (κ3) is 2.67. The Bertz CT molecular complexity index is 334. The van der Waals surface area contributed by atoms with Crippen LogP contribution in [0.1, 0.15) is 15.9 Å². The molecule has 0 aliphatic heterocycles. The van der Waals surface area contributed by atoms with Crippen molar-refractivity contribution in [1.29, 1.82) is 0 Å². The number of halogens is 2. The number of alkyl halides is 1. The first kappa shape index (κ1) is 9.93. The molecule has 0 atom stereocenters. The van der Waals surface area contributed by atoms with Gasteiger partial charge in [-0.15, -0.1) is 11.6 Å². The van der Waals surface area contributed by atoms with Gasteiger partial charge in [0.2, 0.25) is 0 Å². The van der Waals surface area contributed by atoms with Crippen molar-refractivity contribution in [2.75, 3.05) is 5.88 Å². The van der Waals surface area contributed by atoms with Crippen LogP contribution in [0.2, 0.25) is 0 Å². The molecule has 0 bridgehead atoms. The largest absolute Gasteiger partial charge is 0.298 e. The van der Waals surface area contributed by atoms with Crippen LogP contribution in [0.5, 0.6) is 0 Å². The SMILES string of the molecule is O=Cc1ccc(C=CCCl)cc1F. The van der Waals surface area contributed by atoms with Gasteiger partial charge in [-0.2, -0.15) is 0 Å². The zero-order valence-corrected chi connectivity index (χ0v) is 7.59. The Balaban J connectivity index is 2.95. The monoisotopic (exact) mass is 198 g/mol. The van der Waals surface area contributed by atoms with Crippen molar-refractivity contribution in [2.24, 2.45) is 0 Å². The number of rotatable bonds is 3. The number of benzene rings is 1. The van der Waals surface area contributed by atoms with E-state index >= 15 is 0 Å². The van der Waals surface area contributed by atoms with Gasteiger partial charge in [0.15, 0.2) is 6.29 Å². The van der Waals surface area contributed by atoms with Gasteiger partial charge < -0.3 is 0 Å². The van der Waals surface area contributed by atoms with Crippen LogP contribution in [-0.4, -0.2) is 12.2 Å². The molecule has 1 nitrogen and oxygen atoms in total. The molecule has 0 aliphatic rings. The average Bonchev–Trinajstić information content (AvgIpc) is 2.15. The molecule has 13 heavy (non-hydrogen) atoms. The van der Waals surface area contributed by atoms with E-state index in [1.165, 1.54) is 12.1 Å². The molecule has 68 valence electrons. The molecule has 0 fully saturated rings. The highest BCUT2D eigenvalue weighted by Gasteiger charge is 1.99. The summed E-state index contributed by atoms with van der Waals surface area (Å²) in [6.45, 7) is 0. The van der Waals surface area contributed by atoms with Crippen molar-refractivity contribution < 1.29 is 9.18 Å². The van der Waals surface area contributed by atoms with Gasteiger partial charge in [0.1, 0.15) is 5.82 Å². The van der Waals surface area contributed by atoms with Crippen molar-refractivity contribution >= 4 is 24.0 Å². The van der Waals surface area contributed by atoms with E-state index in [4.69, 9.17) is 11.6 Å². The van der Waals surface area contributed by atoms with Crippen molar-refractivity contribution in [2.45, 2.75) is 0 Å². The summed E-state index contributed by atoms with van der Waals surface area (Å²) in [5, 5.41) is 0. The molecule has 3 heteroatoms. The number of aldehydes is 1. The van der Waals surface area contributed by atoms with Crippen LogP contribution < -0.4 is 0 Å². The summed E-state index contributed by atoms with van der Waals surface area (Å²) in [4.78, 5) is 10.3. The first-order valence-electron chi connectivity index (χ1n) is 3.75. The lowest BCUT2D eigenvalue weighted by molar-refractivity contribution is 0.112. The molecular formula is C10H8ClFO. The van der Waals surface area contributed by atoms with Gasteiger partial charge in [-0.3, -0.25) is 4.79 Å². The predicted octanol–water partition coefficient (Wildman–Crippen LogP) is 2.89. The minimum atomic E-state index is -0.508. The van der Waals surface area contributed by atoms with Crippen LogP contribution in [0.15, 0.2) is 24.3 Å².